The van der Waals surface area contributed by atoms with Gasteiger partial charge in [0.15, 0.2) is 6.61 Å². The molecule has 156 valence electrons. The van der Waals surface area contributed by atoms with Crippen LogP contribution in [0, 0.1) is 0 Å². The zero-order chi connectivity index (χ0) is 19.9. The van der Waals surface area contributed by atoms with Crippen LogP contribution in [-0.4, -0.2) is 66.0 Å². The molecule has 29 heavy (non-hydrogen) atoms. The van der Waals surface area contributed by atoms with E-state index in [0.29, 0.717) is 12.4 Å². The van der Waals surface area contributed by atoms with Crippen molar-refractivity contribution < 1.29 is 18.7 Å². The minimum Gasteiger partial charge on any atom is -0.439 e. The highest BCUT2D eigenvalue weighted by molar-refractivity contribution is 5.77. The van der Waals surface area contributed by atoms with Gasteiger partial charge in [0.2, 0.25) is 0 Å². The first kappa shape index (κ1) is 19.8. The summed E-state index contributed by atoms with van der Waals surface area (Å²) in [6.45, 7) is 3.87. The molecule has 1 saturated heterocycles. The molecule has 0 radical (unpaired) electrons. The lowest BCUT2D eigenvalue weighted by Gasteiger charge is -2.48. The molecule has 1 aromatic heterocycles. The highest BCUT2D eigenvalue weighted by Crippen LogP contribution is 2.33. The van der Waals surface area contributed by atoms with Crippen LogP contribution in [0.15, 0.2) is 34.7 Å². The van der Waals surface area contributed by atoms with Gasteiger partial charge in [0.05, 0.1) is 13.2 Å². The van der Waals surface area contributed by atoms with Gasteiger partial charge >= 0.3 is 6.08 Å². The minimum atomic E-state index is -0.178. The highest BCUT2D eigenvalue weighted by atomic mass is 16.6. The smallest absolute Gasteiger partial charge is 0.415 e. The first-order valence-corrected chi connectivity index (χ1v) is 10.4. The lowest BCUT2D eigenvalue weighted by Crippen LogP contribution is -2.60. The zero-order valence-corrected chi connectivity index (χ0v) is 16.6. The number of amides is 1. The van der Waals surface area contributed by atoms with E-state index in [9.17, 15) is 4.79 Å². The Morgan fingerprint density at radius 1 is 1.10 bits per heavy atom. The Bertz CT molecular complexity index is 783. The van der Waals surface area contributed by atoms with Gasteiger partial charge in [-0.05, 0) is 25.0 Å². The summed E-state index contributed by atoms with van der Waals surface area (Å²) in [5.74, 6) is 0.192. The Labute approximate surface area is 170 Å². The molecule has 2 aliphatic rings. The summed E-state index contributed by atoms with van der Waals surface area (Å²) in [7, 11) is 0. The normalized spacial score (nSPS) is 19.6. The number of nitrogens with one attached hydrogen (secondary N) is 1. The molecule has 1 aliphatic heterocycles. The van der Waals surface area contributed by atoms with Crippen molar-refractivity contribution in [2.45, 2.75) is 37.6 Å². The van der Waals surface area contributed by atoms with Crippen LogP contribution in [0.25, 0.3) is 11.5 Å². The molecule has 2 fully saturated rings. The Kier molecular flexibility index (Phi) is 6.41. The third-order valence-corrected chi connectivity index (χ3v) is 5.83. The molecule has 4 rings (SSSR count). The number of morpholine rings is 1. The second kappa shape index (κ2) is 9.37. The fourth-order valence-electron chi connectivity index (χ4n) is 4.26. The van der Waals surface area contributed by atoms with Crippen molar-refractivity contribution in [3.8, 4) is 17.5 Å². The molecule has 0 bridgehead atoms. The van der Waals surface area contributed by atoms with Gasteiger partial charge in [-0.2, -0.15) is 0 Å². The largest absolute Gasteiger partial charge is 0.439 e. The molecule has 1 aliphatic carbocycles. The quantitative estimate of drug-likeness (QED) is 0.762. The molecule has 0 unspecified atom stereocenters. The number of carbonyl (C=O) groups is 1. The van der Waals surface area contributed by atoms with Crippen LogP contribution in [0.2, 0.25) is 0 Å². The molecular formula is C21H28N4O4. The van der Waals surface area contributed by atoms with Gasteiger partial charge < -0.3 is 19.2 Å². The van der Waals surface area contributed by atoms with E-state index < -0.39 is 0 Å². The van der Waals surface area contributed by atoms with Crippen molar-refractivity contribution in [3.05, 3.63) is 30.3 Å². The van der Waals surface area contributed by atoms with E-state index in [1.54, 1.807) is 0 Å². The van der Waals surface area contributed by atoms with E-state index >= 15 is 0 Å². The van der Waals surface area contributed by atoms with Gasteiger partial charge in [0.25, 0.3) is 11.8 Å². The van der Waals surface area contributed by atoms with Crippen molar-refractivity contribution in [2.24, 2.45) is 0 Å². The van der Waals surface area contributed by atoms with Crippen LogP contribution in [0.5, 0.6) is 6.08 Å². The number of ether oxygens (including phenoxy) is 2. The lowest BCUT2D eigenvalue weighted by atomic mass is 9.79. The van der Waals surface area contributed by atoms with Crippen molar-refractivity contribution in [2.75, 3.05) is 39.5 Å². The predicted octanol–water partition coefficient (Wildman–Crippen LogP) is 2.27. The van der Waals surface area contributed by atoms with Crippen molar-refractivity contribution in [3.63, 3.8) is 0 Å². The van der Waals surface area contributed by atoms with Gasteiger partial charge in [-0.25, -0.2) is 0 Å². The van der Waals surface area contributed by atoms with Crippen LogP contribution in [0.4, 0.5) is 0 Å². The van der Waals surface area contributed by atoms with Crippen LogP contribution >= 0.6 is 0 Å². The molecule has 1 aromatic carbocycles. The number of hydrogen-bond donors (Lipinski definition) is 1. The number of aromatic nitrogens is 2. The maximum atomic E-state index is 12.4. The zero-order valence-electron chi connectivity index (χ0n) is 16.6. The molecule has 0 spiro atoms. The van der Waals surface area contributed by atoms with E-state index in [2.05, 4.69) is 20.4 Å². The van der Waals surface area contributed by atoms with E-state index in [1.807, 2.05) is 30.3 Å². The lowest BCUT2D eigenvalue weighted by molar-refractivity contribution is -0.124. The monoisotopic (exact) mass is 400 g/mol. The van der Waals surface area contributed by atoms with Gasteiger partial charge in [0.1, 0.15) is 0 Å². The van der Waals surface area contributed by atoms with Crippen LogP contribution in [0.1, 0.15) is 32.1 Å². The summed E-state index contributed by atoms with van der Waals surface area (Å²) in [5, 5.41) is 10.9. The molecule has 8 nitrogen and oxygen atoms in total. The van der Waals surface area contributed by atoms with Crippen LogP contribution < -0.4 is 10.1 Å². The van der Waals surface area contributed by atoms with Gasteiger partial charge in [-0.15, -0.1) is 5.10 Å². The van der Waals surface area contributed by atoms with Gasteiger partial charge in [-0.1, -0.05) is 42.6 Å². The Morgan fingerprint density at radius 2 is 1.86 bits per heavy atom. The van der Waals surface area contributed by atoms with E-state index in [4.69, 9.17) is 13.9 Å². The van der Waals surface area contributed by atoms with Crippen LogP contribution in [-0.2, 0) is 9.53 Å². The van der Waals surface area contributed by atoms with Crippen molar-refractivity contribution >= 4 is 5.91 Å². The van der Waals surface area contributed by atoms with Crippen molar-refractivity contribution in [1.29, 1.82) is 0 Å². The maximum Gasteiger partial charge on any atom is 0.415 e. The Hall–Kier alpha value is -2.45. The van der Waals surface area contributed by atoms with Crippen molar-refractivity contribution in [1.82, 2.24) is 20.4 Å². The van der Waals surface area contributed by atoms with Gasteiger partial charge in [-0.3, -0.25) is 9.69 Å². The number of rotatable bonds is 7. The first-order valence-electron chi connectivity index (χ1n) is 10.4. The minimum absolute atomic E-state index is 0.000406. The number of benzene rings is 1. The van der Waals surface area contributed by atoms with Crippen LogP contribution in [0.3, 0.4) is 0 Å². The summed E-state index contributed by atoms with van der Waals surface area (Å²) < 4.78 is 16.4. The Balaban J connectivity index is 1.29. The van der Waals surface area contributed by atoms with E-state index in [1.165, 1.54) is 19.3 Å². The second-order valence-electron chi connectivity index (χ2n) is 7.69. The Morgan fingerprint density at radius 3 is 2.62 bits per heavy atom. The molecule has 2 heterocycles. The third kappa shape index (κ3) is 4.94. The average Bonchev–Trinajstić information content (AvgIpc) is 3.27. The predicted molar refractivity (Wildman–Crippen MR) is 106 cm³/mol. The molecular weight excluding hydrogens is 372 g/mol. The highest BCUT2D eigenvalue weighted by Gasteiger charge is 2.38. The summed E-state index contributed by atoms with van der Waals surface area (Å²) in [4.78, 5) is 14.9. The topological polar surface area (TPSA) is 89.7 Å². The SMILES string of the molecule is O=C(COc1nnc(-c2ccccc2)o1)NCC1(N2CCOCC2)CCCCC1. The molecule has 2 aromatic rings. The van der Waals surface area contributed by atoms with E-state index in [-0.39, 0.29) is 24.1 Å². The summed E-state index contributed by atoms with van der Waals surface area (Å²) in [6.07, 6.45) is 5.89. The number of nitrogens with zero attached hydrogens (tertiary/aromatic N) is 3. The summed E-state index contributed by atoms with van der Waals surface area (Å²) in [5.41, 5.74) is 0.840. The molecule has 1 N–H and O–H groups in total. The fourth-order valence-corrected chi connectivity index (χ4v) is 4.26. The molecule has 8 heteroatoms. The number of hydrogen-bond acceptors (Lipinski definition) is 7. The average molecular weight is 400 g/mol. The number of carbonyl (C=O) groups excluding carboxylic acids is 1. The molecule has 1 saturated carbocycles. The molecule has 0 atom stereocenters. The standard InChI is InChI=1S/C21H28N4O4/c26-18(15-28-20-24-23-19(29-20)17-7-3-1-4-8-17)22-16-21(9-5-2-6-10-21)25-11-13-27-14-12-25/h1,3-4,7-8H,2,5-6,9-16H2,(H,22,26). The van der Waals surface area contributed by atoms with E-state index in [0.717, 1.165) is 44.7 Å². The second-order valence-corrected chi connectivity index (χ2v) is 7.69. The first-order chi connectivity index (χ1) is 14.3. The summed E-state index contributed by atoms with van der Waals surface area (Å²) in [6, 6.07) is 9.45. The van der Waals surface area contributed by atoms with Gasteiger partial charge in [0, 0.05) is 30.7 Å². The third-order valence-electron chi connectivity index (χ3n) is 5.83. The summed E-state index contributed by atoms with van der Waals surface area (Å²) >= 11 is 0. The molecule has 1 amide bonds. The maximum absolute atomic E-state index is 12.4. The fraction of sp³-hybridized carbons (Fsp3) is 0.571.